The first-order valence-corrected chi connectivity index (χ1v) is 17.7. The molecule has 0 radical (unpaired) electrons. The Labute approximate surface area is 278 Å². The number of anilines is 1. The van der Waals surface area contributed by atoms with Crippen LogP contribution in [-0.2, 0) is 19.1 Å². The van der Waals surface area contributed by atoms with E-state index >= 15 is 0 Å². The number of esters is 2. The molecule has 0 aliphatic heterocycles. The Morgan fingerprint density at radius 3 is 2.11 bits per heavy atom. The molecule has 246 valence electrons. The molecule has 3 aliphatic carbocycles. The van der Waals surface area contributed by atoms with Gasteiger partial charge in [-0.3, -0.25) is 9.59 Å². The van der Waals surface area contributed by atoms with Gasteiger partial charge in [-0.15, -0.1) is 22.9 Å². The summed E-state index contributed by atoms with van der Waals surface area (Å²) in [5, 5.41) is 0. The largest absolute Gasteiger partial charge is 0.465 e. The lowest BCUT2D eigenvalue weighted by Gasteiger charge is -2.44. The molecule has 1 unspecified atom stereocenters. The van der Waals surface area contributed by atoms with Gasteiger partial charge in [-0.1, -0.05) is 49.0 Å². The molecule has 1 heterocycles. The van der Waals surface area contributed by atoms with Crippen LogP contribution in [-0.4, -0.2) is 42.5 Å². The molecule has 0 N–H and O–H groups in total. The lowest BCUT2D eigenvalue weighted by Crippen LogP contribution is -2.51. The van der Waals surface area contributed by atoms with Crippen molar-refractivity contribution < 1.29 is 23.9 Å². The highest BCUT2D eigenvalue weighted by molar-refractivity contribution is 7.15. The van der Waals surface area contributed by atoms with Gasteiger partial charge in [-0.2, -0.15) is 0 Å². The summed E-state index contributed by atoms with van der Waals surface area (Å²) in [7, 11) is 1.36. The summed E-state index contributed by atoms with van der Waals surface area (Å²) in [6.07, 6.45) is 9.70. The van der Waals surface area contributed by atoms with Crippen LogP contribution >= 0.6 is 22.9 Å². The maximum Gasteiger partial charge on any atom is 0.350 e. The van der Waals surface area contributed by atoms with Crippen LogP contribution in [0.25, 0.3) is 0 Å². The molecule has 1 amide bonds. The van der Waals surface area contributed by atoms with Crippen LogP contribution in [0.5, 0.6) is 0 Å². The third-order valence-corrected chi connectivity index (χ3v) is 11.2. The second-order valence-electron chi connectivity index (χ2n) is 14.6. The topological polar surface area (TPSA) is 72.9 Å². The number of ether oxygens (including phenoxy) is 2. The van der Waals surface area contributed by atoms with Crippen LogP contribution < -0.4 is 4.90 Å². The Bertz CT molecular complexity index is 1400. The number of hydrogen-bond donors (Lipinski definition) is 0. The summed E-state index contributed by atoms with van der Waals surface area (Å²) < 4.78 is 11.5. The van der Waals surface area contributed by atoms with E-state index in [2.05, 4.69) is 51.7 Å². The molecule has 0 aromatic carbocycles. The van der Waals surface area contributed by atoms with Crippen LogP contribution in [0.15, 0.2) is 29.4 Å². The summed E-state index contributed by atoms with van der Waals surface area (Å²) >= 11 is 7.82. The van der Waals surface area contributed by atoms with Crippen molar-refractivity contribution in [2.24, 2.45) is 29.1 Å². The van der Waals surface area contributed by atoms with Gasteiger partial charge in [0.15, 0.2) is 0 Å². The number of carbonyl (C=O) groups excluding carboxylic acids is 3. The van der Waals surface area contributed by atoms with Crippen LogP contribution in [0, 0.1) is 40.9 Å². The van der Waals surface area contributed by atoms with E-state index in [1.165, 1.54) is 29.6 Å². The Balaban J connectivity index is 1.66. The van der Waals surface area contributed by atoms with Crippen molar-refractivity contribution in [3.63, 3.8) is 0 Å². The summed E-state index contributed by atoms with van der Waals surface area (Å²) in [5.41, 5.74) is 2.18. The Morgan fingerprint density at radius 2 is 1.60 bits per heavy atom. The van der Waals surface area contributed by atoms with E-state index in [1.54, 1.807) is 0 Å². The minimum atomic E-state index is -0.777. The van der Waals surface area contributed by atoms with E-state index in [0.717, 1.165) is 17.7 Å². The monoisotopic (exact) mass is 655 g/mol. The fraction of sp³-hybridized carbons (Fsp3) is 0.649. The maximum absolute atomic E-state index is 14.6. The molecule has 8 heteroatoms. The number of allylic oxidation sites excluding steroid dienone is 4. The molecular weight excluding hydrogens is 606 g/mol. The highest BCUT2D eigenvalue weighted by atomic mass is 35.5. The number of rotatable bonds is 7. The number of alkyl halides is 1. The minimum absolute atomic E-state index is 0.0167. The van der Waals surface area contributed by atoms with E-state index in [9.17, 15) is 14.4 Å². The van der Waals surface area contributed by atoms with E-state index in [4.69, 9.17) is 21.1 Å². The zero-order valence-electron chi connectivity index (χ0n) is 28.3. The molecule has 6 nitrogen and oxygen atoms in total. The molecule has 1 fully saturated rings. The van der Waals surface area contributed by atoms with Gasteiger partial charge in [-0.05, 0) is 104 Å². The second-order valence-corrected chi connectivity index (χ2v) is 16.0. The van der Waals surface area contributed by atoms with E-state index in [-0.39, 0.29) is 52.9 Å². The standard InChI is InChI=1S/C37H50ClNO5S/c1-23-9-11-29(25(3)19-23)33(40)39(31-21-28(15-16-36(5,6)7)45-32(31)35(42)43-8)27-13-17-37(22-38,18-14-27)44-34(41)30-12-10-24(2)20-26(30)4/h9-10,21,25-27,29-30H,11-14,17-20,22H2,1-8H3/t25-,26+,27-,29?,30+,37+/m1/s1. The van der Waals surface area contributed by atoms with Crippen molar-refractivity contribution in [1.82, 2.24) is 0 Å². The maximum atomic E-state index is 14.6. The van der Waals surface area contributed by atoms with Gasteiger partial charge in [-0.25, -0.2) is 4.79 Å². The van der Waals surface area contributed by atoms with Crippen molar-refractivity contribution in [3.05, 3.63) is 39.1 Å². The number of nitrogens with zero attached hydrogens (tertiary/aromatic N) is 1. The number of hydrogen-bond acceptors (Lipinski definition) is 6. The van der Waals surface area contributed by atoms with Gasteiger partial charge >= 0.3 is 11.9 Å². The molecule has 1 saturated carbocycles. The first kappa shape index (κ1) is 35.3. The van der Waals surface area contributed by atoms with Gasteiger partial charge in [0.25, 0.3) is 0 Å². The average molecular weight is 656 g/mol. The van der Waals surface area contributed by atoms with Gasteiger partial charge in [0.1, 0.15) is 10.5 Å². The molecule has 4 atom stereocenters. The Hall–Kier alpha value is -2.56. The number of halogens is 1. The van der Waals surface area contributed by atoms with E-state index in [1.807, 2.05) is 31.7 Å². The molecule has 1 aromatic rings. The second kappa shape index (κ2) is 14.5. The lowest BCUT2D eigenvalue weighted by molar-refractivity contribution is -0.168. The molecule has 0 bridgehead atoms. The van der Waals surface area contributed by atoms with Crippen molar-refractivity contribution >= 4 is 46.5 Å². The Kier molecular flexibility index (Phi) is 11.3. The minimum Gasteiger partial charge on any atom is -0.465 e. The third kappa shape index (κ3) is 8.43. The van der Waals surface area contributed by atoms with Crippen LogP contribution in [0.1, 0.15) is 114 Å². The zero-order chi connectivity index (χ0) is 33.1. The third-order valence-electron chi connectivity index (χ3n) is 9.66. The number of methoxy groups -OCH3 is 1. The van der Waals surface area contributed by atoms with Crippen molar-refractivity contribution in [1.29, 1.82) is 0 Å². The fourth-order valence-electron chi connectivity index (χ4n) is 6.98. The quantitative estimate of drug-likeness (QED) is 0.127. The lowest BCUT2D eigenvalue weighted by atomic mass is 9.78. The zero-order valence-corrected chi connectivity index (χ0v) is 29.8. The molecule has 1 aromatic heterocycles. The van der Waals surface area contributed by atoms with Gasteiger partial charge in [0.2, 0.25) is 5.91 Å². The summed E-state index contributed by atoms with van der Waals surface area (Å²) in [5.74, 6) is 6.08. The van der Waals surface area contributed by atoms with Crippen molar-refractivity contribution in [2.75, 3.05) is 17.9 Å². The van der Waals surface area contributed by atoms with E-state index < -0.39 is 11.6 Å². The summed E-state index contributed by atoms with van der Waals surface area (Å²) in [6.45, 7) is 14.6. The van der Waals surface area contributed by atoms with Gasteiger partial charge < -0.3 is 14.4 Å². The highest BCUT2D eigenvalue weighted by Gasteiger charge is 2.45. The first-order chi connectivity index (χ1) is 21.2. The molecule has 0 spiro atoms. The summed E-state index contributed by atoms with van der Waals surface area (Å²) in [4.78, 5) is 44.1. The molecule has 3 aliphatic rings. The predicted molar refractivity (Wildman–Crippen MR) is 183 cm³/mol. The fourth-order valence-corrected chi connectivity index (χ4v) is 8.23. The smallest absolute Gasteiger partial charge is 0.350 e. The highest BCUT2D eigenvalue weighted by Crippen LogP contribution is 2.43. The normalized spacial score (nSPS) is 28.6. The van der Waals surface area contributed by atoms with Crippen molar-refractivity contribution in [3.8, 4) is 11.8 Å². The molecule has 4 rings (SSSR count). The Morgan fingerprint density at radius 1 is 1.02 bits per heavy atom. The molecule has 0 saturated heterocycles. The predicted octanol–water partition coefficient (Wildman–Crippen LogP) is 8.71. The van der Waals surface area contributed by atoms with Gasteiger partial charge in [0.05, 0.1) is 29.5 Å². The summed E-state index contributed by atoms with van der Waals surface area (Å²) in [6, 6.07) is 1.69. The number of thiophene rings is 1. The SMILES string of the molecule is COC(=O)c1sc(C#CC(C)(C)C)cc1N(C(=O)C1CC=C(C)C[C@H]1C)[C@H]1CC[C@@](CCl)(OC(=O)[C@H]2CC=C(C)C[C@@H]2C)CC1. The van der Waals surface area contributed by atoms with Crippen LogP contribution in [0.4, 0.5) is 5.69 Å². The van der Waals surface area contributed by atoms with Crippen LogP contribution in [0.2, 0.25) is 0 Å². The number of amides is 1. The average Bonchev–Trinajstić information content (AvgIpc) is 3.40. The number of carbonyl (C=O) groups is 3. The first-order valence-electron chi connectivity index (χ1n) is 16.4. The van der Waals surface area contributed by atoms with E-state index in [0.29, 0.717) is 49.1 Å². The van der Waals surface area contributed by atoms with Gasteiger partial charge in [0, 0.05) is 17.4 Å². The molecule has 45 heavy (non-hydrogen) atoms. The van der Waals surface area contributed by atoms with Crippen molar-refractivity contribution in [2.45, 2.75) is 111 Å². The molecular formula is C37H50ClNO5S. The van der Waals surface area contributed by atoms with Crippen LogP contribution in [0.3, 0.4) is 0 Å².